The van der Waals surface area contributed by atoms with E-state index in [9.17, 15) is 14.4 Å². The van der Waals surface area contributed by atoms with Gasteiger partial charge in [0.1, 0.15) is 6.04 Å². The molecule has 1 fully saturated rings. The van der Waals surface area contributed by atoms with Crippen LogP contribution in [0.25, 0.3) is 0 Å². The van der Waals surface area contributed by atoms with Crippen LogP contribution in [0.1, 0.15) is 52.5 Å². The molecule has 1 aromatic carbocycles. The average molecular weight is 341 g/mol. The van der Waals surface area contributed by atoms with E-state index in [4.69, 9.17) is 5.26 Å². The molecule has 1 aliphatic heterocycles. The quantitative estimate of drug-likeness (QED) is 0.788. The smallest absolute Gasteiger partial charge is 0.257 e. The molecule has 1 saturated heterocycles. The second-order valence-electron chi connectivity index (χ2n) is 7.13. The van der Waals surface area contributed by atoms with E-state index in [1.165, 1.54) is 0 Å². The van der Waals surface area contributed by atoms with Gasteiger partial charge in [0.15, 0.2) is 0 Å². The highest BCUT2D eigenvalue weighted by Gasteiger charge is 2.47. The minimum atomic E-state index is -0.790. The monoisotopic (exact) mass is 341 g/mol. The molecule has 0 radical (unpaired) electrons. The fourth-order valence-electron chi connectivity index (χ4n) is 3.12. The molecular formula is C19H23N3O3. The molecule has 6 nitrogen and oxygen atoms in total. The van der Waals surface area contributed by atoms with E-state index < -0.39 is 17.5 Å². The zero-order valence-electron chi connectivity index (χ0n) is 15.1. The Hall–Kier alpha value is -2.68. The third-order valence-corrected chi connectivity index (χ3v) is 4.14. The van der Waals surface area contributed by atoms with Crippen molar-refractivity contribution >= 4 is 23.4 Å². The van der Waals surface area contributed by atoms with Gasteiger partial charge in [-0.2, -0.15) is 5.26 Å². The first-order valence-corrected chi connectivity index (χ1v) is 8.39. The van der Waals surface area contributed by atoms with Crippen molar-refractivity contribution < 1.29 is 14.4 Å². The van der Waals surface area contributed by atoms with Crippen molar-refractivity contribution in [1.82, 2.24) is 4.90 Å². The summed E-state index contributed by atoms with van der Waals surface area (Å²) in [5.41, 5.74) is 0.315. The van der Waals surface area contributed by atoms with Gasteiger partial charge >= 0.3 is 0 Å². The molecule has 1 aliphatic rings. The zero-order valence-corrected chi connectivity index (χ0v) is 15.1. The molecule has 0 saturated carbocycles. The maximum atomic E-state index is 12.9. The van der Waals surface area contributed by atoms with E-state index in [0.29, 0.717) is 24.1 Å². The molecule has 2 rings (SSSR count). The average Bonchev–Trinajstić information content (AvgIpc) is 2.81. The van der Waals surface area contributed by atoms with Crippen molar-refractivity contribution in [2.45, 2.75) is 58.5 Å². The van der Waals surface area contributed by atoms with Crippen molar-refractivity contribution in [3.05, 3.63) is 29.8 Å². The number of hydrogen-bond acceptors (Lipinski definition) is 4. The Balaban J connectivity index is 2.35. The number of anilines is 1. The molecule has 1 unspecified atom stereocenters. The lowest BCUT2D eigenvalue weighted by molar-refractivity contribution is -0.144. The first kappa shape index (κ1) is 18.7. The van der Waals surface area contributed by atoms with Crippen LogP contribution in [0.4, 0.5) is 5.69 Å². The van der Waals surface area contributed by atoms with Crippen LogP contribution in [-0.4, -0.2) is 34.2 Å². The Kier molecular flexibility index (Phi) is 5.27. The number of carbonyl (C=O) groups is 3. The van der Waals surface area contributed by atoms with E-state index in [1.54, 1.807) is 29.2 Å². The second kappa shape index (κ2) is 7.06. The maximum absolute atomic E-state index is 12.9. The van der Waals surface area contributed by atoms with Crippen LogP contribution < -0.4 is 4.90 Å². The van der Waals surface area contributed by atoms with E-state index in [-0.39, 0.29) is 18.2 Å². The normalized spacial score (nSPS) is 17.6. The van der Waals surface area contributed by atoms with Crippen LogP contribution in [-0.2, 0) is 14.4 Å². The first-order valence-electron chi connectivity index (χ1n) is 8.39. The predicted octanol–water partition coefficient (Wildman–Crippen LogP) is 2.62. The largest absolute Gasteiger partial charge is 0.325 e. The van der Waals surface area contributed by atoms with E-state index in [2.05, 4.69) is 0 Å². The Morgan fingerprint density at radius 3 is 2.36 bits per heavy atom. The van der Waals surface area contributed by atoms with Crippen LogP contribution in [0.2, 0.25) is 0 Å². The van der Waals surface area contributed by atoms with Crippen LogP contribution in [0.5, 0.6) is 0 Å². The summed E-state index contributed by atoms with van der Waals surface area (Å²) in [4.78, 5) is 40.6. The number of rotatable bonds is 4. The second-order valence-corrected chi connectivity index (χ2v) is 7.13. The molecule has 0 aromatic heterocycles. The number of nitrogens with zero attached hydrogens (tertiary/aromatic N) is 3. The van der Waals surface area contributed by atoms with Gasteiger partial charge in [0.05, 0.1) is 23.7 Å². The number of nitriles is 1. The molecule has 0 bridgehead atoms. The molecule has 0 aliphatic carbocycles. The topological polar surface area (TPSA) is 81.5 Å². The van der Waals surface area contributed by atoms with Crippen molar-refractivity contribution in [2.24, 2.45) is 0 Å². The van der Waals surface area contributed by atoms with E-state index >= 15 is 0 Å². The van der Waals surface area contributed by atoms with Crippen LogP contribution in [0, 0.1) is 11.3 Å². The minimum absolute atomic E-state index is 0.0223. The summed E-state index contributed by atoms with van der Waals surface area (Å²) in [6.45, 7) is 7.50. The summed E-state index contributed by atoms with van der Waals surface area (Å²) in [6.07, 6.45) is 0.997. The van der Waals surface area contributed by atoms with Crippen LogP contribution in [0.3, 0.4) is 0 Å². The van der Waals surface area contributed by atoms with Gasteiger partial charge < -0.3 is 4.90 Å². The number of amides is 3. The summed E-state index contributed by atoms with van der Waals surface area (Å²) in [6, 6.07) is 7.49. The summed E-state index contributed by atoms with van der Waals surface area (Å²) in [5.74, 6) is -0.852. The molecular weight excluding hydrogens is 318 g/mol. The zero-order chi connectivity index (χ0) is 18.8. The molecule has 3 amide bonds. The number of benzene rings is 1. The number of imide groups is 1. The lowest BCUT2D eigenvalue weighted by Crippen LogP contribution is -2.54. The van der Waals surface area contributed by atoms with Crippen molar-refractivity contribution in [3.63, 3.8) is 0 Å². The summed E-state index contributed by atoms with van der Waals surface area (Å²) in [5, 5.41) is 8.87. The van der Waals surface area contributed by atoms with Crippen molar-refractivity contribution in [3.8, 4) is 6.07 Å². The maximum Gasteiger partial charge on any atom is 0.257 e. The lowest BCUT2D eigenvalue weighted by Gasteiger charge is -2.39. The SMILES string of the molecule is CCCC(=O)N(C1CC(=O)N(c2ccc(C#N)cc2)C1=O)C(C)(C)C. The third-order valence-electron chi connectivity index (χ3n) is 4.14. The van der Waals surface area contributed by atoms with Gasteiger partial charge in [0.25, 0.3) is 5.91 Å². The van der Waals surface area contributed by atoms with Gasteiger partial charge in [-0.15, -0.1) is 0 Å². The predicted molar refractivity (Wildman–Crippen MR) is 93.6 cm³/mol. The van der Waals surface area contributed by atoms with Crippen LogP contribution >= 0.6 is 0 Å². The summed E-state index contributed by atoms with van der Waals surface area (Å²) in [7, 11) is 0. The van der Waals surface area contributed by atoms with Crippen LogP contribution in [0.15, 0.2) is 24.3 Å². The Morgan fingerprint density at radius 2 is 1.88 bits per heavy atom. The third kappa shape index (κ3) is 3.71. The first-order chi connectivity index (χ1) is 11.7. The van der Waals surface area contributed by atoms with Gasteiger partial charge in [-0.25, -0.2) is 4.90 Å². The molecule has 0 N–H and O–H groups in total. The minimum Gasteiger partial charge on any atom is -0.325 e. The molecule has 6 heteroatoms. The van der Waals surface area contributed by atoms with Gasteiger partial charge in [-0.3, -0.25) is 14.4 Å². The molecule has 0 spiro atoms. The lowest BCUT2D eigenvalue weighted by atomic mass is 10.0. The van der Waals surface area contributed by atoms with Gasteiger partial charge in [0.2, 0.25) is 11.8 Å². The Labute approximate surface area is 148 Å². The standard InChI is InChI=1S/C19H23N3O3/c1-5-6-16(23)22(19(2,3)4)15-11-17(24)21(18(15)25)14-9-7-13(12-20)8-10-14/h7-10,15H,5-6,11H2,1-4H3. The Bertz CT molecular complexity index is 726. The molecule has 132 valence electrons. The summed E-state index contributed by atoms with van der Waals surface area (Å²) >= 11 is 0. The summed E-state index contributed by atoms with van der Waals surface area (Å²) < 4.78 is 0. The highest BCUT2D eigenvalue weighted by atomic mass is 16.2. The van der Waals surface area contributed by atoms with Crippen molar-refractivity contribution in [2.75, 3.05) is 4.90 Å². The fourth-order valence-corrected chi connectivity index (χ4v) is 3.12. The van der Waals surface area contributed by atoms with Gasteiger partial charge in [-0.1, -0.05) is 6.92 Å². The molecule has 25 heavy (non-hydrogen) atoms. The highest BCUT2D eigenvalue weighted by molar-refractivity contribution is 6.23. The number of hydrogen-bond donors (Lipinski definition) is 0. The van der Waals surface area contributed by atoms with E-state index in [1.807, 2.05) is 33.8 Å². The van der Waals surface area contributed by atoms with E-state index in [0.717, 1.165) is 4.90 Å². The van der Waals surface area contributed by atoms with Crippen molar-refractivity contribution in [1.29, 1.82) is 5.26 Å². The molecule has 1 heterocycles. The molecule has 1 atom stereocenters. The Morgan fingerprint density at radius 1 is 1.28 bits per heavy atom. The fraction of sp³-hybridized carbons (Fsp3) is 0.474. The number of carbonyl (C=O) groups excluding carboxylic acids is 3. The van der Waals surface area contributed by atoms with Gasteiger partial charge in [0, 0.05) is 12.0 Å². The highest BCUT2D eigenvalue weighted by Crippen LogP contribution is 2.30. The molecule has 1 aromatic rings. The van der Waals surface area contributed by atoms with Gasteiger partial charge in [-0.05, 0) is 51.5 Å².